The Labute approximate surface area is 462 Å². The van der Waals surface area contributed by atoms with Crippen molar-refractivity contribution in [3.05, 3.63) is 51.5 Å². The van der Waals surface area contributed by atoms with E-state index in [1.807, 2.05) is 91.7 Å². The van der Waals surface area contributed by atoms with Gasteiger partial charge in [-0.15, -0.1) is 11.3 Å². The van der Waals surface area contributed by atoms with E-state index in [-0.39, 0.29) is 60.2 Å². The topological polar surface area (TPSA) is 241 Å². The zero-order valence-corrected chi connectivity index (χ0v) is 49.4. The number of nitrogens with zero attached hydrogens (tertiary/aromatic N) is 3. The first-order valence-corrected chi connectivity index (χ1v) is 28.2. The summed E-state index contributed by atoms with van der Waals surface area (Å²) in [5.74, 6) is -3.05. The predicted molar refractivity (Wildman–Crippen MR) is 298 cm³/mol. The van der Waals surface area contributed by atoms with E-state index >= 15 is 0 Å². The zero-order valence-electron chi connectivity index (χ0n) is 48.6. The summed E-state index contributed by atoms with van der Waals surface area (Å²) in [5, 5.41) is 13.4. The van der Waals surface area contributed by atoms with Gasteiger partial charge < -0.3 is 45.1 Å². The van der Waals surface area contributed by atoms with Gasteiger partial charge >= 0.3 is 0 Å². The number of rotatable bonds is 40. The number of nitrogens with one attached hydrogen (secondary N) is 4. The number of hydrogen-bond donors (Lipinski definition) is 4. The highest BCUT2D eigenvalue weighted by Crippen LogP contribution is 2.33. The van der Waals surface area contributed by atoms with Gasteiger partial charge in [0.1, 0.15) is 35.6 Å². The normalized spacial score (nSPS) is 14.8. The lowest BCUT2D eigenvalue weighted by molar-refractivity contribution is -0.144. The van der Waals surface area contributed by atoms with Crippen LogP contribution in [0.25, 0.3) is 0 Å². The minimum atomic E-state index is -1.08. The second-order valence-corrected chi connectivity index (χ2v) is 22.2. The van der Waals surface area contributed by atoms with Crippen LogP contribution in [0.5, 0.6) is 0 Å². The Hall–Kier alpha value is -5.15. The van der Waals surface area contributed by atoms with E-state index < -0.39 is 72.2 Å². The molecule has 8 atom stereocenters. The summed E-state index contributed by atoms with van der Waals surface area (Å²) in [6.07, 6.45) is 2.69. The molecule has 77 heavy (non-hydrogen) atoms. The van der Waals surface area contributed by atoms with Crippen LogP contribution >= 0.6 is 11.3 Å². The molecule has 434 valence electrons. The SMILES string of the molecule is CCC(=O)NCCCCC(NC(=O)C(C)NC(=O)CO[C@H](C[C@H](C(C)C)N(C)C(=O)[C@@H](CC(=O)C(C)(C)N(C)C)C(C)CC)c1nc(C(=O)N[C@@H](Cc2ccc(C)cc2)CC(C)OC=O)cs1)C(=O)CCCOCCOC. The lowest BCUT2D eigenvalue weighted by atomic mass is 9.81. The molecule has 5 amide bonds. The molecule has 20 heteroatoms. The molecule has 0 aliphatic rings. The first kappa shape index (κ1) is 68.0. The lowest BCUT2D eigenvalue weighted by Gasteiger charge is -2.38. The van der Waals surface area contributed by atoms with Gasteiger partial charge in [-0.2, -0.15) is 0 Å². The molecule has 19 nitrogen and oxygen atoms in total. The van der Waals surface area contributed by atoms with Crippen LogP contribution in [0.1, 0.15) is 159 Å². The summed E-state index contributed by atoms with van der Waals surface area (Å²) < 4.78 is 22.1. The highest BCUT2D eigenvalue weighted by atomic mass is 32.1. The highest BCUT2D eigenvalue weighted by molar-refractivity contribution is 7.09. The minimum absolute atomic E-state index is 0.0494. The number of carbonyl (C=O) groups excluding carboxylic acids is 8. The molecular formula is C57H93N7O12S. The summed E-state index contributed by atoms with van der Waals surface area (Å²) in [5.41, 5.74) is 1.37. The quantitative estimate of drug-likeness (QED) is 0.0421. The molecule has 0 fully saturated rings. The number of Topliss-reactive ketones (excluding diaryl/α,β-unsaturated/α-hetero) is 2. The van der Waals surface area contributed by atoms with Crippen molar-refractivity contribution in [2.24, 2.45) is 17.8 Å². The molecule has 4 unspecified atom stereocenters. The van der Waals surface area contributed by atoms with Crippen molar-refractivity contribution in [3.63, 3.8) is 0 Å². The maximum Gasteiger partial charge on any atom is 0.293 e. The second-order valence-electron chi connectivity index (χ2n) is 21.3. The summed E-state index contributed by atoms with van der Waals surface area (Å²) >= 11 is 1.16. The van der Waals surface area contributed by atoms with E-state index in [0.717, 1.165) is 22.5 Å². The number of likely N-dealkylation sites (N-methyl/N-ethyl adjacent to an activating group) is 1. The first-order chi connectivity index (χ1) is 36.4. The smallest absolute Gasteiger partial charge is 0.293 e. The fourth-order valence-corrected chi connectivity index (χ4v) is 9.42. The molecule has 2 rings (SSSR count). The van der Waals surface area contributed by atoms with E-state index in [1.165, 1.54) is 6.92 Å². The second kappa shape index (κ2) is 35.4. The summed E-state index contributed by atoms with van der Waals surface area (Å²) in [4.78, 5) is 115. The zero-order chi connectivity index (χ0) is 57.8. The number of ketones is 2. The Balaban J connectivity index is 2.46. The maximum absolute atomic E-state index is 14.7. The molecule has 1 aromatic carbocycles. The van der Waals surface area contributed by atoms with Gasteiger partial charge in [-0.25, -0.2) is 4.98 Å². The van der Waals surface area contributed by atoms with Gasteiger partial charge in [0.25, 0.3) is 12.4 Å². The molecule has 0 aliphatic carbocycles. The Morgan fingerprint density at radius 1 is 0.857 bits per heavy atom. The Kier molecular flexibility index (Phi) is 31.2. The van der Waals surface area contributed by atoms with E-state index in [4.69, 9.17) is 23.9 Å². The van der Waals surface area contributed by atoms with E-state index in [2.05, 4.69) is 21.3 Å². The van der Waals surface area contributed by atoms with Crippen LogP contribution in [-0.4, -0.2) is 159 Å². The van der Waals surface area contributed by atoms with Gasteiger partial charge in [-0.05, 0) is 98.2 Å². The Bertz CT molecular complexity index is 2150. The Morgan fingerprint density at radius 3 is 2.16 bits per heavy atom. The lowest BCUT2D eigenvalue weighted by Crippen LogP contribution is -2.51. The number of carbonyl (C=O) groups is 8. The first-order valence-electron chi connectivity index (χ1n) is 27.4. The van der Waals surface area contributed by atoms with Crippen molar-refractivity contribution in [1.82, 2.24) is 36.1 Å². The van der Waals surface area contributed by atoms with Crippen LogP contribution in [0, 0.1) is 24.7 Å². The number of methoxy groups -OCH3 is 1. The number of thiazole rings is 1. The monoisotopic (exact) mass is 1100 g/mol. The molecule has 4 N–H and O–H groups in total. The molecule has 1 heterocycles. The van der Waals surface area contributed by atoms with Crippen molar-refractivity contribution < 1.29 is 57.3 Å². The molecule has 0 bridgehead atoms. The number of aryl methyl sites for hydroxylation is 1. The minimum Gasteiger partial charge on any atom is -0.465 e. The molecule has 0 saturated heterocycles. The van der Waals surface area contributed by atoms with Crippen LogP contribution in [0.2, 0.25) is 0 Å². The van der Waals surface area contributed by atoms with Gasteiger partial charge in [-0.3, -0.25) is 43.3 Å². The number of aromatic nitrogens is 1. The molecule has 0 saturated carbocycles. The van der Waals surface area contributed by atoms with Crippen LogP contribution in [0.4, 0.5) is 0 Å². The van der Waals surface area contributed by atoms with E-state index in [9.17, 15) is 38.4 Å². The molecule has 2 aromatic rings. The maximum atomic E-state index is 14.7. The molecular weight excluding hydrogens is 1010 g/mol. The fourth-order valence-electron chi connectivity index (χ4n) is 8.56. The molecule has 0 radical (unpaired) electrons. The van der Waals surface area contributed by atoms with Crippen molar-refractivity contribution >= 4 is 58.9 Å². The largest absolute Gasteiger partial charge is 0.465 e. The average molecular weight is 1100 g/mol. The van der Waals surface area contributed by atoms with Crippen molar-refractivity contribution in [2.75, 3.05) is 61.2 Å². The van der Waals surface area contributed by atoms with Crippen molar-refractivity contribution in [2.45, 2.75) is 182 Å². The Morgan fingerprint density at radius 2 is 1.55 bits per heavy atom. The van der Waals surface area contributed by atoms with Crippen LogP contribution in [0.3, 0.4) is 0 Å². The van der Waals surface area contributed by atoms with Gasteiger partial charge in [0.2, 0.25) is 23.6 Å². The standard InChI is InChI=1S/C57H93N7O12S/c1-15-39(6)44(32-50(67)57(9,10)63(11)12)56(72)64(13)47(37(3)4)33-49(55-62-46(35-77-55)54(71)60-43(30-40(7)76-36-65)31-42-24-22-38(5)23-25-42)75-34-52(69)59-41(8)53(70)61-45(20-17-18-26-58-51(68)16-2)48(66)21-19-27-74-29-28-73-14/h22-25,35-37,39-41,43-45,47,49H,15-21,26-34H2,1-14H3,(H,58,68)(H,59,69)(H,60,71)(H,61,70)/t39?,40?,41?,43-,44+,45?,47-,49-/m1/s1. The van der Waals surface area contributed by atoms with Crippen LogP contribution < -0.4 is 21.3 Å². The van der Waals surface area contributed by atoms with Crippen LogP contribution in [-0.2, 0) is 58.9 Å². The number of benzene rings is 1. The van der Waals surface area contributed by atoms with Crippen molar-refractivity contribution in [1.29, 1.82) is 0 Å². The highest BCUT2D eigenvalue weighted by Gasteiger charge is 2.39. The molecule has 1 aromatic heterocycles. The van der Waals surface area contributed by atoms with Crippen LogP contribution in [0.15, 0.2) is 29.6 Å². The third kappa shape index (κ3) is 24.2. The third-order valence-corrected chi connectivity index (χ3v) is 15.3. The predicted octanol–water partition coefficient (Wildman–Crippen LogP) is 6.34. The summed E-state index contributed by atoms with van der Waals surface area (Å²) in [6, 6.07) is 5.10. The number of amides is 5. The molecule has 0 spiro atoms. The summed E-state index contributed by atoms with van der Waals surface area (Å²) in [7, 11) is 6.97. The van der Waals surface area contributed by atoms with Crippen molar-refractivity contribution in [3.8, 4) is 0 Å². The number of ether oxygens (including phenoxy) is 4. The van der Waals surface area contributed by atoms with Gasteiger partial charge in [0.05, 0.1) is 24.8 Å². The van der Waals surface area contributed by atoms with Gasteiger partial charge in [0, 0.05) is 82.8 Å². The van der Waals surface area contributed by atoms with Gasteiger partial charge in [0.15, 0.2) is 11.6 Å². The third-order valence-electron chi connectivity index (χ3n) is 14.4. The number of hydrogen-bond acceptors (Lipinski definition) is 15. The van der Waals surface area contributed by atoms with E-state index in [0.29, 0.717) is 89.2 Å². The summed E-state index contributed by atoms with van der Waals surface area (Å²) in [6.45, 7) is 20.1. The number of unbranched alkanes of at least 4 members (excludes halogenated alkanes) is 1. The fraction of sp³-hybridized carbons (Fsp3) is 0.702. The average Bonchev–Trinajstić information content (AvgIpc) is 3.88. The van der Waals surface area contributed by atoms with Gasteiger partial charge in [-0.1, -0.05) is 70.9 Å². The van der Waals surface area contributed by atoms with E-state index in [1.54, 1.807) is 38.3 Å². The molecule has 0 aliphatic heterocycles.